The number of hydrogen-bond donors (Lipinski definition) is 1. The van der Waals surface area contributed by atoms with Gasteiger partial charge in [-0.1, -0.05) is 5.16 Å². The number of aryl methyl sites for hydroxylation is 3. The SMILES string of the molecule is CN(Cc1noc2c1CCCC2)C(=O)CCc1cc2n(n1)CCCNC2. The van der Waals surface area contributed by atoms with Gasteiger partial charge in [0, 0.05) is 45.0 Å². The monoisotopic (exact) mass is 357 g/mol. The van der Waals surface area contributed by atoms with Gasteiger partial charge in [0.05, 0.1) is 17.9 Å². The van der Waals surface area contributed by atoms with Crippen LogP contribution in [0.5, 0.6) is 0 Å². The predicted molar refractivity (Wildman–Crippen MR) is 96.5 cm³/mol. The molecule has 0 saturated heterocycles. The van der Waals surface area contributed by atoms with E-state index in [1.54, 1.807) is 4.90 Å². The zero-order chi connectivity index (χ0) is 17.9. The normalized spacial score (nSPS) is 16.7. The molecule has 0 saturated carbocycles. The minimum Gasteiger partial charge on any atom is -0.361 e. The molecular weight excluding hydrogens is 330 g/mol. The molecule has 0 aromatic carbocycles. The largest absolute Gasteiger partial charge is 0.361 e. The van der Waals surface area contributed by atoms with Crippen molar-refractivity contribution in [1.82, 2.24) is 25.2 Å². The van der Waals surface area contributed by atoms with Gasteiger partial charge in [-0.3, -0.25) is 9.48 Å². The molecule has 2 aromatic rings. The minimum absolute atomic E-state index is 0.124. The highest BCUT2D eigenvalue weighted by molar-refractivity contribution is 5.76. The van der Waals surface area contributed by atoms with Crippen molar-refractivity contribution in [1.29, 1.82) is 0 Å². The Labute approximate surface area is 153 Å². The molecule has 140 valence electrons. The highest BCUT2D eigenvalue weighted by Gasteiger charge is 2.21. The van der Waals surface area contributed by atoms with Crippen molar-refractivity contribution in [3.8, 4) is 0 Å². The van der Waals surface area contributed by atoms with Gasteiger partial charge in [-0.15, -0.1) is 0 Å². The van der Waals surface area contributed by atoms with Crippen LogP contribution in [0.25, 0.3) is 0 Å². The Morgan fingerprint density at radius 2 is 2.23 bits per heavy atom. The lowest BCUT2D eigenvalue weighted by atomic mass is 9.96. The number of fused-ring (bicyclic) bond motifs is 2. The van der Waals surface area contributed by atoms with Crippen LogP contribution in [-0.4, -0.2) is 39.3 Å². The van der Waals surface area contributed by atoms with Crippen molar-refractivity contribution in [2.45, 2.75) is 64.6 Å². The molecule has 0 spiro atoms. The van der Waals surface area contributed by atoms with Crippen LogP contribution in [-0.2, 0) is 43.7 Å². The molecule has 7 nitrogen and oxygen atoms in total. The van der Waals surface area contributed by atoms with Crippen LogP contribution in [0.2, 0.25) is 0 Å². The summed E-state index contributed by atoms with van der Waals surface area (Å²) < 4.78 is 7.52. The molecule has 4 rings (SSSR count). The standard InChI is InChI=1S/C19H27N5O2/c1-23(13-17-16-5-2-3-6-18(16)26-22-17)19(25)8-7-14-11-15-12-20-9-4-10-24(15)21-14/h11,20H,2-10,12-13H2,1H3. The van der Waals surface area contributed by atoms with Gasteiger partial charge in [0.2, 0.25) is 5.91 Å². The van der Waals surface area contributed by atoms with E-state index in [1.165, 1.54) is 24.1 Å². The molecule has 1 N–H and O–H groups in total. The Balaban J connectivity index is 1.32. The molecular formula is C19H27N5O2. The Morgan fingerprint density at radius 1 is 1.35 bits per heavy atom. The lowest BCUT2D eigenvalue weighted by Gasteiger charge is -2.17. The first kappa shape index (κ1) is 17.3. The maximum absolute atomic E-state index is 12.5. The van der Waals surface area contributed by atoms with Crippen LogP contribution >= 0.6 is 0 Å². The average molecular weight is 357 g/mol. The minimum atomic E-state index is 0.124. The molecule has 0 radical (unpaired) electrons. The van der Waals surface area contributed by atoms with Crippen molar-refractivity contribution in [2.75, 3.05) is 13.6 Å². The molecule has 26 heavy (non-hydrogen) atoms. The summed E-state index contributed by atoms with van der Waals surface area (Å²) in [4.78, 5) is 14.3. The molecule has 2 aliphatic rings. The van der Waals surface area contributed by atoms with Crippen molar-refractivity contribution < 1.29 is 9.32 Å². The Hall–Kier alpha value is -2.15. The summed E-state index contributed by atoms with van der Waals surface area (Å²) in [6, 6.07) is 2.12. The van der Waals surface area contributed by atoms with E-state index < -0.39 is 0 Å². The van der Waals surface area contributed by atoms with Gasteiger partial charge < -0.3 is 14.7 Å². The van der Waals surface area contributed by atoms with Crippen LogP contribution in [0.4, 0.5) is 0 Å². The van der Waals surface area contributed by atoms with E-state index in [-0.39, 0.29) is 5.91 Å². The van der Waals surface area contributed by atoms with Gasteiger partial charge in [-0.05, 0) is 38.3 Å². The van der Waals surface area contributed by atoms with Gasteiger partial charge in [0.1, 0.15) is 11.5 Å². The van der Waals surface area contributed by atoms with Gasteiger partial charge in [-0.2, -0.15) is 5.10 Å². The third kappa shape index (κ3) is 3.67. The molecule has 7 heteroatoms. The average Bonchev–Trinajstić information content (AvgIpc) is 3.17. The molecule has 0 bridgehead atoms. The summed E-state index contributed by atoms with van der Waals surface area (Å²) in [5.41, 5.74) is 4.37. The van der Waals surface area contributed by atoms with Crippen LogP contribution < -0.4 is 5.32 Å². The lowest BCUT2D eigenvalue weighted by Crippen LogP contribution is -2.27. The summed E-state index contributed by atoms with van der Waals surface area (Å²) in [6.45, 7) is 3.38. The molecule has 3 heterocycles. The topological polar surface area (TPSA) is 76.2 Å². The quantitative estimate of drug-likeness (QED) is 0.884. The third-order valence-electron chi connectivity index (χ3n) is 5.38. The second kappa shape index (κ2) is 7.61. The summed E-state index contributed by atoms with van der Waals surface area (Å²) in [5, 5.41) is 12.3. The number of rotatable bonds is 5. The Morgan fingerprint density at radius 3 is 3.15 bits per heavy atom. The number of amides is 1. The Kier molecular flexibility index (Phi) is 5.06. The highest BCUT2D eigenvalue weighted by Crippen LogP contribution is 2.25. The summed E-state index contributed by atoms with van der Waals surface area (Å²) in [7, 11) is 1.85. The van der Waals surface area contributed by atoms with Crippen LogP contribution in [0.3, 0.4) is 0 Å². The van der Waals surface area contributed by atoms with E-state index >= 15 is 0 Å². The van der Waals surface area contributed by atoms with Gasteiger partial charge in [-0.25, -0.2) is 0 Å². The van der Waals surface area contributed by atoms with E-state index in [2.05, 4.69) is 26.3 Å². The third-order valence-corrected chi connectivity index (χ3v) is 5.38. The van der Waals surface area contributed by atoms with E-state index in [9.17, 15) is 4.79 Å². The van der Waals surface area contributed by atoms with Crippen molar-refractivity contribution in [2.24, 2.45) is 0 Å². The van der Waals surface area contributed by atoms with E-state index in [1.807, 2.05) is 7.05 Å². The number of nitrogens with one attached hydrogen (secondary N) is 1. The van der Waals surface area contributed by atoms with Crippen molar-refractivity contribution in [3.05, 3.63) is 34.5 Å². The van der Waals surface area contributed by atoms with Crippen molar-refractivity contribution >= 4 is 5.91 Å². The summed E-state index contributed by atoms with van der Waals surface area (Å²) in [6.07, 6.45) is 6.59. The van der Waals surface area contributed by atoms with Crippen molar-refractivity contribution in [3.63, 3.8) is 0 Å². The molecule has 0 unspecified atom stereocenters. The van der Waals surface area contributed by atoms with Gasteiger partial charge in [0.15, 0.2) is 0 Å². The first-order valence-electron chi connectivity index (χ1n) is 9.67. The number of hydrogen-bond acceptors (Lipinski definition) is 5. The fourth-order valence-corrected chi connectivity index (χ4v) is 3.86. The zero-order valence-corrected chi connectivity index (χ0v) is 15.5. The number of nitrogens with zero attached hydrogens (tertiary/aromatic N) is 4. The molecule has 2 aromatic heterocycles. The second-order valence-electron chi connectivity index (χ2n) is 7.37. The number of aromatic nitrogens is 3. The summed E-state index contributed by atoms with van der Waals surface area (Å²) >= 11 is 0. The second-order valence-corrected chi connectivity index (χ2v) is 7.37. The first-order valence-corrected chi connectivity index (χ1v) is 9.67. The zero-order valence-electron chi connectivity index (χ0n) is 15.5. The molecule has 0 atom stereocenters. The first-order chi connectivity index (χ1) is 12.7. The number of carbonyl (C=O) groups excluding carboxylic acids is 1. The number of carbonyl (C=O) groups is 1. The lowest BCUT2D eigenvalue weighted by molar-refractivity contribution is -0.130. The molecule has 1 aliphatic carbocycles. The molecule has 1 aliphatic heterocycles. The maximum atomic E-state index is 12.5. The highest BCUT2D eigenvalue weighted by atomic mass is 16.5. The fourth-order valence-electron chi connectivity index (χ4n) is 3.86. The smallest absolute Gasteiger partial charge is 0.223 e. The van der Waals surface area contributed by atoms with Crippen LogP contribution in [0.1, 0.15) is 54.1 Å². The summed E-state index contributed by atoms with van der Waals surface area (Å²) in [5.74, 6) is 1.14. The van der Waals surface area contributed by atoms with E-state index in [0.29, 0.717) is 19.4 Å². The van der Waals surface area contributed by atoms with Crippen LogP contribution in [0.15, 0.2) is 10.6 Å². The van der Waals surface area contributed by atoms with Gasteiger partial charge in [0.25, 0.3) is 0 Å². The van der Waals surface area contributed by atoms with Gasteiger partial charge >= 0.3 is 0 Å². The molecule has 1 amide bonds. The van der Waals surface area contributed by atoms with Crippen LogP contribution in [0, 0.1) is 0 Å². The Bertz CT molecular complexity index is 755. The maximum Gasteiger partial charge on any atom is 0.223 e. The fraction of sp³-hybridized carbons (Fsp3) is 0.632. The molecule has 0 fully saturated rings. The van der Waals surface area contributed by atoms with E-state index in [4.69, 9.17) is 4.52 Å². The van der Waals surface area contributed by atoms with E-state index in [0.717, 1.165) is 56.0 Å². The predicted octanol–water partition coefficient (Wildman–Crippen LogP) is 1.83.